The van der Waals surface area contributed by atoms with Gasteiger partial charge in [-0.1, -0.05) is 24.3 Å². The first kappa shape index (κ1) is 37.5. The minimum atomic E-state index is -5.85. The second-order valence-electron chi connectivity index (χ2n) is 10.5. The molecule has 0 saturated heterocycles. The van der Waals surface area contributed by atoms with Crippen LogP contribution in [0.25, 0.3) is 0 Å². The summed E-state index contributed by atoms with van der Waals surface area (Å²) in [6.45, 7) is 0. The van der Waals surface area contributed by atoms with Crippen LogP contribution in [-0.2, 0) is 24.6 Å². The number of hydrogen-bond acceptors (Lipinski definition) is 6. The fourth-order valence-corrected chi connectivity index (χ4v) is 4.80. The molecule has 2 N–H and O–H groups in total. The first-order valence-electron chi connectivity index (χ1n) is 14.5. The maximum Gasteiger partial charge on any atom is 0.411 e. The average molecular weight is 715 g/mol. The largest absolute Gasteiger partial charge is 0.478 e. The zero-order valence-corrected chi connectivity index (χ0v) is 25.8. The maximum atomic E-state index is 14.7. The third-order valence-corrected chi connectivity index (χ3v) is 7.05. The number of nitrogens with zero attached hydrogens (tertiary/aromatic N) is 2. The summed E-state index contributed by atoms with van der Waals surface area (Å²) in [6, 6.07) is 6.45. The molecule has 10 nitrogen and oxygen atoms in total. The van der Waals surface area contributed by atoms with Crippen molar-refractivity contribution >= 4 is 35.2 Å². The number of alkyl halides is 6. The van der Waals surface area contributed by atoms with E-state index < -0.39 is 52.6 Å². The molecule has 16 heteroatoms. The third kappa shape index (κ3) is 9.44. The Bertz CT molecular complexity index is 1800. The zero-order chi connectivity index (χ0) is 37.4. The normalized spacial score (nSPS) is 16.7. The summed E-state index contributed by atoms with van der Waals surface area (Å²) in [5.41, 5.74) is -6.19. The van der Waals surface area contributed by atoms with Crippen LogP contribution in [0.15, 0.2) is 131 Å². The molecular weight excluding hydrogens is 690 g/mol. The minimum Gasteiger partial charge on any atom is -0.478 e. The molecule has 2 aromatic rings. The Morgan fingerprint density at radius 1 is 0.569 bits per heavy atom. The number of carbonyl (C=O) groups is 4. The van der Waals surface area contributed by atoms with Gasteiger partial charge in [0.25, 0.3) is 11.8 Å². The van der Waals surface area contributed by atoms with Crippen molar-refractivity contribution in [3.8, 4) is 11.5 Å². The number of benzene rings is 2. The van der Waals surface area contributed by atoms with Gasteiger partial charge in [-0.15, -0.1) is 0 Å². The highest BCUT2D eigenvalue weighted by Gasteiger charge is 2.72. The second-order valence-corrected chi connectivity index (χ2v) is 10.5. The predicted octanol–water partition coefficient (Wildman–Crippen LogP) is 6.76. The molecule has 0 fully saturated rings. The zero-order valence-electron chi connectivity index (χ0n) is 25.8. The lowest BCUT2D eigenvalue weighted by atomic mass is 9.73. The molecule has 0 radical (unpaired) electrons. The molecule has 2 amide bonds. The number of carbonyl (C=O) groups excluding carboxylic acids is 2. The third-order valence-electron chi connectivity index (χ3n) is 7.05. The quantitative estimate of drug-likeness (QED) is 0.202. The van der Waals surface area contributed by atoms with Crippen molar-refractivity contribution in [3.63, 3.8) is 0 Å². The van der Waals surface area contributed by atoms with E-state index in [0.717, 1.165) is 36.4 Å². The van der Waals surface area contributed by atoms with Crippen LogP contribution in [0.5, 0.6) is 11.5 Å². The van der Waals surface area contributed by atoms with Gasteiger partial charge in [0.1, 0.15) is 23.0 Å². The summed E-state index contributed by atoms with van der Waals surface area (Å²) in [6.07, 6.45) is -0.434. The number of rotatable bonds is 10. The number of halogens is 6. The molecule has 264 valence electrons. The van der Waals surface area contributed by atoms with E-state index in [1.165, 1.54) is 36.5 Å². The lowest BCUT2D eigenvalue weighted by Crippen LogP contribution is -2.54. The van der Waals surface area contributed by atoms with Crippen LogP contribution in [0.1, 0.15) is 24.0 Å². The Kier molecular flexibility index (Phi) is 11.4. The van der Waals surface area contributed by atoms with Crippen molar-refractivity contribution < 1.29 is 65.2 Å². The molecule has 0 saturated carbocycles. The number of amides is 2. The van der Waals surface area contributed by atoms with E-state index in [1.54, 1.807) is 0 Å². The molecule has 0 spiro atoms. The van der Waals surface area contributed by atoms with Crippen LogP contribution in [0.4, 0.5) is 26.3 Å². The number of carboxylic acids is 2. The van der Waals surface area contributed by atoms with Crippen LogP contribution in [0.2, 0.25) is 0 Å². The SMILES string of the molecule is O=C(O)C=CC(=O)N=C1C=CC(Oc2ccc(C(c3ccc(OC4=CCC(=NC(=O)C=CC(=O)O)C=C4)cc3)(C(F)(F)F)C(F)(F)F)cc2)=CC1. The van der Waals surface area contributed by atoms with Gasteiger partial charge in [0.05, 0.1) is 0 Å². The van der Waals surface area contributed by atoms with Crippen LogP contribution in [0.3, 0.4) is 0 Å². The van der Waals surface area contributed by atoms with Gasteiger partial charge in [-0.3, -0.25) is 9.59 Å². The highest BCUT2D eigenvalue weighted by molar-refractivity contribution is 6.08. The van der Waals surface area contributed by atoms with Crippen molar-refractivity contribution in [2.45, 2.75) is 30.6 Å². The van der Waals surface area contributed by atoms with E-state index in [0.29, 0.717) is 36.4 Å². The minimum absolute atomic E-state index is 0.0689. The molecule has 2 aromatic carbocycles. The second kappa shape index (κ2) is 15.5. The van der Waals surface area contributed by atoms with Crippen LogP contribution in [-0.4, -0.2) is 57.7 Å². The van der Waals surface area contributed by atoms with Gasteiger partial charge in [-0.2, -0.15) is 26.3 Å². The first-order valence-corrected chi connectivity index (χ1v) is 14.5. The molecule has 0 unspecified atom stereocenters. The number of allylic oxidation sites excluding steroid dienone is 6. The number of hydrogen-bond donors (Lipinski definition) is 2. The molecular formula is C35H24F6N2O8. The molecule has 2 aliphatic rings. The Balaban J connectivity index is 1.52. The average Bonchev–Trinajstić information content (AvgIpc) is 3.05. The van der Waals surface area contributed by atoms with Crippen molar-refractivity contribution in [2.24, 2.45) is 9.98 Å². The van der Waals surface area contributed by atoms with Crippen molar-refractivity contribution in [3.05, 3.63) is 132 Å². The highest BCUT2D eigenvalue weighted by atomic mass is 19.4. The Morgan fingerprint density at radius 2 is 0.922 bits per heavy atom. The highest BCUT2D eigenvalue weighted by Crippen LogP contribution is 2.56. The van der Waals surface area contributed by atoms with Crippen LogP contribution in [0, 0.1) is 0 Å². The Morgan fingerprint density at radius 3 is 1.20 bits per heavy atom. The molecule has 4 rings (SSSR count). The van der Waals surface area contributed by atoms with Crippen molar-refractivity contribution in [1.82, 2.24) is 0 Å². The summed E-state index contributed by atoms with van der Waals surface area (Å²) < 4.78 is 99.1. The number of carboxylic acid groups (broad SMARTS) is 2. The van der Waals surface area contributed by atoms with Gasteiger partial charge < -0.3 is 19.7 Å². The predicted molar refractivity (Wildman–Crippen MR) is 169 cm³/mol. The molecule has 51 heavy (non-hydrogen) atoms. The van der Waals surface area contributed by atoms with E-state index in [1.807, 2.05) is 0 Å². The van der Waals surface area contributed by atoms with E-state index in [-0.39, 0.29) is 47.3 Å². The van der Waals surface area contributed by atoms with E-state index in [4.69, 9.17) is 19.7 Å². The van der Waals surface area contributed by atoms with Gasteiger partial charge in [0.15, 0.2) is 0 Å². The van der Waals surface area contributed by atoms with Gasteiger partial charge in [0, 0.05) is 48.6 Å². The van der Waals surface area contributed by atoms with Crippen molar-refractivity contribution in [1.29, 1.82) is 0 Å². The van der Waals surface area contributed by atoms with Crippen LogP contribution < -0.4 is 9.47 Å². The fourth-order valence-electron chi connectivity index (χ4n) is 4.80. The number of ether oxygens (including phenoxy) is 2. The van der Waals surface area contributed by atoms with E-state index in [2.05, 4.69) is 9.98 Å². The monoisotopic (exact) mass is 714 g/mol. The summed E-state index contributed by atoms with van der Waals surface area (Å²) in [5, 5.41) is 17.2. The van der Waals surface area contributed by atoms with Crippen molar-refractivity contribution in [2.75, 3.05) is 0 Å². The lowest BCUT2D eigenvalue weighted by Gasteiger charge is -2.38. The Labute approximate surface area is 284 Å². The Hall–Kier alpha value is -6.32. The fraction of sp³-hybridized carbons (Fsp3) is 0.143. The summed E-state index contributed by atoms with van der Waals surface area (Å²) >= 11 is 0. The van der Waals surface area contributed by atoms with Gasteiger partial charge in [0.2, 0.25) is 5.41 Å². The van der Waals surface area contributed by atoms with Gasteiger partial charge >= 0.3 is 24.3 Å². The smallest absolute Gasteiger partial charge is 0.411 e. The molecule has 0 aromatic heterocycles. The lowest BCUT2D eigenvalue weighted by molar-refractivity contribution is -0.288. The van der Waals surface area contributed by atoms with Gasteiger partial charge in [-0.25, -0.2) is 19.6 Å². The van der Waals surface area contributed by atoms with E-state index >= 15 is 0 Å². The number of aliphatic imine (C=N–C) groups is 2. The summed E-state index contributed by atoms with van der Waals surface area (Å²) in [5.74, 6) is -4.16. The first-order chi connectivity index (χ1) is 24.0. The standard InChI is InChI=1S/C35H24F6N2O8/c36-34(37,38)33(35(39,40)41,21-1-9-25(10-2-21)50-27-13-5-23(6-14-27)42-29(44)17-19-31(46)47)22-3-11-26(12-4-22)51-28-15-7-24(8-16-28)43-30(45)18-20-32(48)49/h1-5,7,9-20H,6,8H2,(H,46,47)(H,48,49). The number of aliphatic carboxylic acids is 2. The topological polar surface area (TPSA) is 152 Å². The summed E-state index contributed by atoms with van der Waals surface area (Å²) in [4.78, 5) is 51.8. The molecule has 0 bridgehead atoms. The van der Waals surface area contributed by atoms with Crippen LogP contribution >= 0.6 is 0 Å². The molecule has 0 atom stereocenters. The maximum absolute atomic E-state index is 14.7. The molecule has 2 aliphatic carbocycles. The summed E-state index contributed by atoms with van der Waals surface area (Å²) in [7, 11) is 0. The molecule has 0 heterocycles. The van der Waals surface area contributed by atoms with E-state index in [9.17, 15) is 45.5 Å². The molecule has 0 aliphatic heterocycles. The van der Waals surface area contributed by atoms with Gasteiger partial charge in [-0.05, 0) is 71.8 Å².